The van der Waals surface area contributed by atoms with Crippen molar-refractivity contribution in [3.8, 4) is 21.1 Å². The van der Waals surface area contributed by atoms with E-state index in [0.717, 1.165) is 21.1 Å². The molecule has 0 aliphatic carbocycles. The van der Waals surface area contributed by atoms with E-state index in [4.69, 9.17) is 0 Å². The van der Waals surface area contributed by atoms with Crippen molar-refractivity contribution >= 4 is 17.2 Å². The molecule has 1 aromatic carbocycles. The summed E-state index contributed by atoms with van der Waals surface area (Å²) in [5, 5.41) is 13.9. The van der Waals surface area contributed by atoms with Crippen LogP contribution >= 0.6 is 11.3 Å². The van der Waals surface area contributed by atoms with Crippen LogP contribution in [-0.2, 0) is 6.54 Å². The Morgan fingerprint density at radius 2 is 1.90 bits per heavy atom. The lowest BCUT2D eigenvalue weighted by atomic mass is 10.2. The van der Waals surface area contributed by atoms with Gasteiger partial charge >= 0.3 is 0 Å². The average Bonchev–Trinajstić information content (AvgIpc) is 3.17. The number of aryl methyl sites for hydroxylation is 1. The second-order valence-electron chi connectivity index (χ2n) is 6.64. The quantitative estimate of drug-likeness (QED) is 0.478. The molecule has 0 atom stereocenters. The molecule has 1 amide bonds. The number of hydrogen-bond donors (Lipinski definition) is 2. The highest BCUT2D eigenvalue weighted by atomic mass is 32.1. The molecule has 0 radical (unpaired) electrons. The fraction of sp³-hybridized carbons (Fsp3) is 0.143. The van der Waals surface area contributed by atoms with Gasteiger partial charge in [-0.05, 0) is 19.1 Å². The Labute approximate surface area is 180 Å². The topological polar surface area (TPSA) is 123 Å². The van der Waals surface area contributed by atoms with Crippen LogP contribution in [0.3, 0.4) is 0 Å². The van der Waals surface area contributed by atoms with E-state index >= 15 is 0 Å². The van der Waals surface area contributed by atoms with Gasteiger partial charge in [-0.25, -0.2) is 14.8 Å². The summed E-state index contributed by atoms with van der Waals surface area (Å²) >= 11 is 1.51. The number of carbonyl (C=O) groups excluding carboxylic acids is 1. The van der Waals surface area contributed by atoms with Gasteiger partial charge in [-0.3, -0.25) is 14.4 Å². The van der Waals surface area contributed by atoms with Crippen LogP contribution in [0.2, 0.25) is 0 Å². The molecule has 3 heterocycles. The molecule has 9 nitrogen and oxygen atoms in total. The van der Waals surface area contributed by atoms with Crippen LogP contribution in [0.5, 0.6) is 0 Å². The number of hydrogen-bond acceptors (Lipinski definition) is 7. The maximum Gasteiger partial charge on any atom is 0.271 e. The molecule has 0 saturated heterocycles. The SMILES string of the molecule is Cc1nc(-c2ccccc2)sc1-c1ccc(=O)n(CCNC(=O)c2ccc(=O)[nH]n2)n1. The highest BCUT2D eigenvalue weighted by molar-refractivity contribution is 7.18. The number of benzene rings is 1. The monoisotopic (exact) mass is 434 g/mol. The number of aromatic nitrogens is 5. The zero-order valence-electron chi connectivity index (χ0n) is 16.5. The Balaban J connectivity index is 1.49. The highest BCUT2D eigenvalue weighted by Crippen LogP contribution is 2.33. The van der Waals surface area contributed by atoms with E-state index < -0.39 is 11.5 Å². The van der Waals surface area contributed by atoms with Gasteiger partial charge in [0.05, 0.1) is 17.1 Å². The van der Waals surface area contributed by atoms with Crippen molar-refractivity contribution < 1.29 is 4.79 Å². The zero-order chi connectivity index (χ0) is 21.8. The van der Waals surface area contributed by atoms with E-state index in [0.29, 0.717) is 5.69 Å². The Kier molecular flexibility index (Phi) is 5.80. The fourth-order valence-corrected chi connectivity index (χ4v) is 3.94. The third kappa shape index (κ3) is 4.64. The molecular formula is C21H18N6O3S. The van der Waals surface area contributed by atoms with E-state index in [1.165, 1.54) is 34.2 Å². The third-order valence-corrected chi connectivity index (χ3v) is 5.67. The van der Waals surface area contributed by atoms with E-state index in [1.54, 1.807) is 6.07 Å². The summed E-state index contributed by atoms with van der Waals surface area (Å²) in [5.41, 5.74) is 1.92. The van der Waals surface area contributed by atoms with E-state index in [1.807, 2.05) is 37.3 Å². The standard InChI is InChI=1S/C21H18N6O3S/c1-13-19(31-21(23-13)14-5-3-2-4-6-14)15-8-10-18(29)27(26-15)12-11-22-20(30)16-7-9-17(28)25-24-16/h2-10H,11-12H2,1H3,(H,22,30)(H,25,28). The lowest BCUT2D eigenvalue weighted by Gasteiger charge is -2.07. The number of amides is 1. The van der Waals surface area contributed by atoms with Gasteiger partial charge in [0.2, 0.25) is 0 Å². The van der Waals surface area contributed by atoms with Crippen molar-refractivity contribution in [2.24, 2.45) is 0 Å². The van der Waals surface area contributed by atoms with Crippen LogP contribution in [0.4, 0.5) is 0 Å². The molecule has 31 heavy (non-hydrogen) atoms. The molecule has 2 N–H and O–H groups in total. The van der Waals surface area contributed by atoms with Crippen molar-refractivity contribution in [1.82, 2.24) is 30.3 Å². The lowest BCUT2D eigenvalue weighted by Crippen LogP contribution is -2.32. The van der Waals surface area contributed by atoms with Gasteiger partial charge in [-0.2, -0.15) is 10.2 Å². The van der Waals surface area contributed by atoms with Crippen molar-refractivity contribution in [2.75, 3.05) is 6.54 Å². The van der Waals surface area contributed by atoms with Crippen molar-refractivity contribution in [3.63, 3.8) is 0 Å². The number of rotatable bonds is 6. The predicted octanol–water partition coefficient (Wildman–Crippen LogP) is 1.86. The summed E-state index contributed by atoms with van der Waals surface area (Å²) in [6, 6.07) is 15.5. The largest absolute Gasteiger partial charge is 0.349 e. The summed E-state index contributed by atoms with van der Waals surface area (Å²) < 4.78 is 1.30. The van der Waals surface area contributed by atoms with Crippen molar-refractivity contribution in [1.29, 1.82) is 0 Å². The van der Waals surface area contributed by atoms with Gasteiger partial charge in [0.1, 0.15) is 16.4 Å². The smallest absolute Gasteiger partial charge is 0.271 e. The Morgan fingerprint density at radius 1 is 1.10 bits per heavy atom. The van der Waals surface area contributed by atoms with Crippen molar-refractivity contribution in [3.05, 3.63) is 86.7 Å². The highest BCUT2D eigenvalue weighted by Gasteiger charge is 2.14. The number of aromatic amines is 1. The third-order valence-electron chi connectivity index (χ3n) is 4.44. The number of nitrogens with zero attached hydrogens (tertiary/aromatic N) is 4. The summed E-state index contributed by atoms with van der Waals surface area (Å²) in [5.74, 6) is -0.453. The number of thiazole rings is 1. The van der Waals surface area contributed by atoms with Gasteiger partial charge in [-0.1, -0.05) is 30.3 Å². The lowest BCUT2D eigenvalue weighted by molar-refractivity contribution is 0.0945. The molecule has 0 unspecified atom stereocenters. The summed E-state index contributed by atoms with van der Waals surface area (Å²) in [7, 11) is 0. The van der Waals surface area contributed by atoms with E-state index in [9.17, 15) is 14.4 Å². The first-order chi connectivity index (χ1) is 15.0. The summed E-state index contributed by atoms with van der Waals surface area (Å²) in [6.45, 7) is 2.27. The Bertz CT molecular complexity index is 1320. The van der Waals surface area contributed by atoms with Gasteiger partial charge in [0.15, 0.2) is 0 Å². The molecule has 0 bridgehead atoms. The first-order valence-corrected chi connectivity index (χ1v) is 10.3. The molecule has 4 rings (SSSR count). The molecule has 0 fully saturated rings. The van der Waals surface area contributed by atoms with Gasteiger partial charge in [0.25, 0.3) is 17.0 Å². The Morgan fingerprint density at radius 3 is 2.65 bits per heavy atom. The van der Waals surface area contributed by atoms with Crippen LogP contribution in [0.15, 0.2) is 64.2 Å². The summed E-state index contributed by atoms with van der Waals surface area (Å²) in [6.07, 6.45) is 0. The molecule has 0 spiro atoms. The number of carbonyl (C=O) groups is 1. The molecule has 10 heteroatoms. The average molecular weight is 434 g/mol. The maximum atomic E-state index is 12.2. The summed E-state index contributed by atoms with van der Waals surface area (Å²) in [4.78, 5) is 40.9. The normalized spacial score (nSPS) is 10.7. The minimum Gasteiger partial charge on any atom is -0.349 e. The molecular weight excluding hydrogens is 416 g/mol. The molecule has 0 aliphatic heterocycles. The molecule has 0 aliphatic rings. The van der Waals surface area contributed by atoms with Gasteiger partial charge in [-0.15, -0.1) is 11.3 Å². The van der Waals surface area contributed by atoms with Crippen LogP contribution in [0.25, 0.3) is 21.1 Å². The fourth-order valence-electron chi connectivity index (χ4n) is 2.91. The molecule has 156 valence electrons. The van der Waals surface area contributed by atoms with Crippen LogP contribution in [0, 0.1) is 6.92 Å². The van der Waals surface area contributed by atoms with Crippen LogP contribution in [0.1, 0.15) is 16.2 Å². The molecule has 0 saturated carbocycles. The second kappa shape index (κ2) is 8.84. The van der Waals surface area contributed by atoms with Crippen LogP contribution < -0.4 is 16.4 Å². The Hall–Kier alpha value is -3.92. The van der Waals surface area contributed by atoms with Gasteiger partial charge in [0, 0.05) is 24.2 Å². The molecule has 4 aromatic rings. The minimum atomic E-state index is -0.453. The van der Waals surface area contributed by atoms with E-state index in [2.05, 4.69) is 25.6 Å². The minimum absolute atomic E-state index is 0.0855. The predicted molar refractivity (Wildman–Crippen MR) is 117 cm³/mol. The zero-order valence-corrected chi connectivity index (χ0v) is 17.3. The van der Waals surface area contributed by atoms with Gasteiger partial charge < -0.3 is 5.32 Å². The maximum absolute atomic E-state index is 12.2. The van der Waals surface area contributed by atoms with Crippen LogP contribution in [-0.4, -0.2) is 37.4 Å². The number of nitrogens with one attached hydrogen (secondary N) is 2. The van der Waals surface area contributed by atoms with Crippen molar-refractivity contribution in [2.45, 2.75) is 13.5 Å². The molecule has 3 aromatic heterocycles. The number of H-pyrrole nitrogens is 1. The van der Waals surface area contributed by atoms with E-state index in [-0.39, 0.29) is 24.3 Å². The first kappa shape index (κ1) is 20.4. The first-order valence-electron chi connectivity index (χ1n) is 9.46. The second-order valence-corrected chi connectivity index (χ2v) is 7.64.